The number of anilines is 1. The van der Waals surface area contributed by atoms with Gasteiger partial charge in [0.05, 0.1) is 6.26 Å². The highest BCUT2D eigenvalue weighted by atomic mass is 19.1. The SMILES string of the molecule is Fc1cccc(NC/C=C/c2ccco2)c1. The molecule has 0 unspecified atom stereocenters. The third-order valence-corrected chi connectivity index (χ3v) is 2.07. The molecule has 0 bridgehead atoms. The molecule has 1 aromatic carbocycles. The lowest BCUT2D eigenvalue weighted by atomic mass is 10.3. The minimum absolute atomic E-state index is 0.236. The van der Waals surface area contributed by atoms with Crippen molar-refractivity contribution in [2.24, 2.45) is 0 Å². The first-order chi connectivity index (χ1) is 7.84. The molecule has 3 heteroatoms. The zero-order valence-corrected chi connectivity index (χ0v) is 8.69. The second kappa shape index (κ2) is 5.16. The van der Waals surface area contributed by atoms with Gasteiger partial charge in [-0.1, -0.05) is 12.1 Å². The van der Waals surface area contributed by atoms with E-state index in [2.05, 4.69) is 5.32 Å². The monoisotopic (exact) mass is 217 g/mol. The van der Waals surface area contributed by atoms with Gasteiger partial charge < -0.3 is 9.73 Å². The van der Waals surface area contributed by atoms with Crippen LogP contribution >= 0.6 is 0 Å². The Bertz CT molecular complexity index is 463. The summed E-state index contributed by atoms with van der Waals surface area (Å²) in [5.74, 6) is 0.570. The third-order valence-electron chi connectivity index (χ3n) is 2.07. The normalized spacial score (nSPS) is 10.8. The van der Waals surface area contributed by atoms with Gasteiger partial charge in [-0.3, -0.25) is 0 Å². The van der Waals surface area contributed by atoms with E-state index in [4.69, 9.17) is 4.42 Å². The van der Waals surface area contributed by atoms with Crippen LogP contribution in [-0.4, -0.2) is 6.54 Å². The van der Waals surface area contributed by atoms with E-state index in [1.165, 1.54) is 12.1 Å². The number of benzene rings is 1. The molecule has 1 aromatic heterocycles. The Balaban J connectivity index is 1.84. The number of hydrogen-bond donors (Lipinski definition) is 1. The molecule has 0 atom stereocenters. The smallest absolute Gasteiger partial charge is 0.126 e. The average molecular weight is 217 g/mol. The van der Waals surface area contributed by atoms with Crippen molar-refractivity contribution in [2.45, 2.75) is 0 Å². The Hall–Kier alpha value is -2.03. The summed E-state index contributed by atoms with van der Waals surface area (Å²) in [5.41, 5.74) is 0.768. The van der Waals surface area contributed by atoms with Crippen LogP contribution in [0.1, 0.15) is 5.76 Å². The van der Waals surface area contributed by atoms with Gasteiger partial charge in [0.1, 0.15) is 11.6 Å². The Kier molecular flexibility index (Phi) is 3.38. The summed E-state index contributed by atoms with van der Waals surface area (Å²) in [4.78, 5) is 0. The fourth-order valence-corrected chi connectivity index (χ4v) is 1.34. The largest absolute Gasteiger partial charge is 0.465 e. The lowest BCUT2D eigenvalue weighted by molar-refractivity contribution is 0.557. The van der Waals surface area contributed by atoms with Crippen molar-refractivity contribution >= 4 is 11.8 Å². The van der Waals surface area contributed by atoms with E-state index in [0.29, 0.717) is 6.54 Å². The third kappa shape index (κ3) is 2.98. The second-order valence-electron chi connectivity index (χ2n) is 3.31. The molecule has 0 aliphatic heterocycles. The van der Waals surface area contributed by atoms with Gasteiger partial charge in [-0.2, -0.15) is 0 Å². The number of hydrogen-bond acceptors (Lipinski definition) is 2. The van der Waals surface area contributed by atoms with Crippen molar-refractivity contribution in [3.63, 3.8) is 0 Å². The van der Waals surface area contributed by atoms with Crippen LogP contribution in [0.15, 0.2) is 53.2 Å². The maximum atomic E-state index is 12.8. The van der Waals surface area contributed by atoms with E-state index in [1.807, 2.05) is 30.4 Å². The molecule has 0 radical (unpaired) electrons. The average Bonchev–Trinajstić information content (AvgIpc) is 2.77. The van der Waals surface area contributed by atoms with Gasteiger partial charge in [0, 0.05) is 12.2 Å². The van der Waals surface area contributed by atoms with Crippen LogP contribution in [0.5, 0.6) is 0 Å². The first-order valence-electron chi connectivity index (χ1n) is 5.04. The predicted octanol–water partition coefficient (Wildman–Crippen LogP) is 3.54. The van der Waals surface area contributed by atoms with Gasteiger partial charge in [0.2, 0.25) is 0 Å². The van der Waals surface area contributed by atoms with Crippen molar-refractivity contribution in [1.29, 1.82) is 0 Å². The lowest BCUT2D eigenvalue weighted by Crippen LogP contribution is -1.97. The molecule has 16 heavy (non-hydrogen) atoms. The van der Waals surface area contributed by atoms with E-state index in [0.717, 1.165) is 11.4 Å². The molecule has 0 saturated heterocycles. The Labute approximate surface area is 93.4 Å². The minimum Gasteiger partial charge on any atom is -0.465 e. The summed E-state index contributed by atoms with van der Waals surface area (Å²) in [6, 6.07) is 10.1. The maximum absolute atomic E-state index is 12.8. The fraction of sp³-hybridized carbons (Fsp3) is 0.0769. The van der Waals surface area contributed by atoms with Crippen LogP contribution in [0.25, 0.3) is 6.08 Å². The summed E-state index contributed by atoms with van der Waals surface area (Å²) in [7, 11) is 0. The van der Waals surface area contributed by atoms with Crippen molar-refractivity contribution in [3.05, 3.63) is 60.3 Å². The van der Waals surface area contributed by atoms with Gasteiger partial charge in [-0.05, 0) is 36.4 Å². The van der Waals surface area contributed by atoms with Crippen LogP contribution in [0.4, 0.5) is 10.1 Å². The summed E-state index contributed by atoms with van der Waals surface area (Å²) >= 11 is 0. The molecule has 2 nitrogen and oxygen atoms in total. The molecular formula is C13H12FNO. The summed E-state index contributed by atoms with van der Waals surface area (Å²) in [6.07, 6.45) is 5.41. The van der Waals surface area contributed by atoms with Gasteiger partial charge in [-0.25, -0.2) is 4.39 Å². The van der Waals surface area contributed by atoms with Crippen LogP contribution in [-0.2, 0) is 0 Å². The van der Waals surface area contributed by atoms with E-state index in [1.54, 1.807) is 12.3 Å². The van der Waals surface area contributed by atoms with Crippen LogP contribution < -0.4 is 5.32 Å². The van der Waals surface area contributed by atoms with Gasteiger partial charge in [-0.15, -0.1) is 0 Å². The summed E-state index contributed by atoms with van der Waals surface area (Å²) < 4.78 is 18.0. The molecule has 0 aliphatic rings. The quantitative estimate of drug-likeness (QED) is 0.847. The highest BCUT2D eigenvalue weighted by molar-refractivity contribution is 5.47. The van der Waals surface area contributed by atoms with Crippen LogP contribution in [0.2, 0.25) is 0 Å². The zero-order chi connectivity index (χ0) is 11.2. The highest BCUT2D eigenvalue weighted by Crippen LogP contribution is 2.08. The second-order valence-corrected chi connectivity index (χ2v) is 3.31. The Morgan fingerprint density at radius 3 is 2.94 bits per heavy atom. The van der Waals surface area contributed by atoms with E-state index >= 15 is 0 Å². The molecule has 1 N–H and O–H groups in total. The minimum atomic E-state index is -0.236. The van der Waals surface area contributed by atoms with Crippen molar-refractivity contribution < 1.29 is 8.81 Å². The number of rotatable bonds is 4. The van der Waals surface area contributed by atoms with Crippen molar-refractivity contribution in [3.8, 4) is 0 Å². The van der Waals surface area contributed by atoms with E-state index < -0.39 is 0 Å². The van der Waals surface area contributed by atoms with Crippen LogP contribution in [0, 0.1) is 5.82 Å². The van der Waals surface area contributed by atoms with Crippen LogP contribution in [0.3, 0.4) is 0 Å². The molecule has 1 heterocycles. The predicted molar refractivity (Wildman–Crippen MR) is 62.6 cm³/mol. The Morgan fingerprint density at radius 2 is 2.19 bits per heavy atom. The number of halogens is 1. The molecule has 0 aliphatic carbocycles. The molecule has 82 valence electrons. The van der Waals surface area contributed by atoms with Gasteiger partial charge in [0.25, 0.3) is 0 Å². The Morgan fingerprint density at radius 1 is 1.25 bits per heavy atom. The molecular weight excluding hydrogens is 205 g/mol. The molecule has 2 rings (SSSR count). The number of furan rings is 1. The van der Waals surface area contributed by atoms with Gasteiger partial charge >= 0.3 is 0 Å². The zero-order valence-electron chi connectivity index (χ0n) is 8.69. The lowest BCUT2D eigenvalue weighted by Gasteiger charge is -2.02. The summed E-state index contributed by atoms with van der Waals surface area (Å²) in [6.45, 7) is 0.629. The van der Waals surface area contributed by atoms with Gasteiger partial charge in [0.15, 0.2) is 0 Å². The molecule has 2 aromatic rings. The van der Waals surface area contributed by atoms with E-state index in [-0.39, 0.29) is 5.82 Å². The van der Waals surface area contributed by atoms with Crippen molar-refractivity contribution in [1.82, 2.24) is 0 Å². The maximum Gasteiger partial charge on any atom is 0.126 e. The molecule has 0 amide bonds. The molecule has 0 spiro atoms. The first-order valence-corrected chi connectivity index (χ1v) is 5.04. The topological polar surface area (TPSA) is 25.2 Å². The summed E-state index contributed by atoms with van der Waals surface area (Å²) in [5, 5.41) is 3.08. The fourth-order valence-electron chi connectivity index (χ4n) is 1.34. The highest BCUT2D eigenvalue weighted by Gasteiger charge is 1.92. The van der Waals surface area contributed by atoms with E-state index in [9.17, 15) is 4.39 Å². The first kappa shape index (κ1) is 10.5. The molecule has 0 saturated carbocycles. The standard InChI is InChI=1S/C13H12FNO/c14-11-4-1-5-12(10-11)15-8-2-6-13-7-3-9-16-13/h1-7,9-10,15H,8H2/b6-2+. The number of nitrogens with one attached hydrogen (secondary N) is 1. The van der Waals surface area contributed by atoms with Crippen molar-refractivity contribution in [2.75, 3.05) is 11.9 Å². The molecule has 0 fully saturated rings.